The second-order valence-corrected chi connectivity index (χ2v) is 6.57. The van der Waals surface area contributed by atoms with Crippen molar-refractivity contribution < 1.29 is 0 Å². The molecule has 0 saturated carbocycles. The predicted octanol–water partition coefficient (Wildman–Crippen LogP) is 4.63. The van der Waals surface area contributed by atoms with Crippen molar-refractivity contribution in [1.29, 1.82) is 0 Å². The van der Waals surface area contributed by atoms with Gasteiger partial charge in [0.15, 0.2) is 0 Å². The van der Waals surface area contributed by atoms with Crippen LogP contribution in [0.2, 0.25) is 0 Å². The van der Waals surface area contributed by atoms with Crippen LogP contribution >= 0.6 is 34.9 Å². The highest BCUT2D eigenvalue weighted by atomic mass is 32.2. The minimum Gasteiger partial charge on any atom is -0.218 e. The molecule has 0 amide bonds. The lowest BCUT2D eigenvalue weighted by Gasteiger charge is -1.95. The summed E-state index contributed by atoms with van der Waals surface area (Å²) < 4.78 is 2.28. The highest BCUT2D eigenvalue weighted by molar-refractivity contribution is 8.38. The third-order valence-electron chi connectivity index (χ3n) is 2.35. The van der Waals surface area contributed by atoms with Crippen molar-refractivity contribution in [1.82, 2.24) is 4.98 Å². The Balaban J connectivity index is 2.51. The van der Waals surface area contributed by atoms with Gasteiger partial charge in [-0.1, -0.05) is 17.4 Å². The molecule has 0 aliphatic rings. The van der Waals surface area contributed by atoms with Gasteiger partial charge in [0.1, 0.15) is 4.38 Å². The van der Waals surface area contributed by atoms with Crippen LogP contribution in [-0.2, 0) is 0 Å². The summed E-state index contributed by atoms with van der Waals surface area (Å²) in [5.74, 6) is 0. The molecule has 0 aliphatic heterocycles. The van der Waals surface area contributed by atoms with Gasteiger partial charge in [0.25, 0.3) is 0 Å². The Morgan fingerprint density at radius 2 is 1.94 bits per heavy atom. The summed E-state index contributed by atoms with van der Waals surface area (Å²) in [7, 11) is 0. The standard InChI is InChI=1S/C12H14N2S3/c1-7-5-8(2)10-9(6-7)17-11(13-10)14-12(15-3)16-4/h5-6H,1-4H3. The van der Waals surface area contributed by atoms with E-state index in [1.807, 2.05) is 12.5 Å². The molecule has 0 fully saturated rings. The number of aromatic nitrogens is 1. The molecule has 0 saturated heterocycles. The number of thioether (sulfide) groups is 2. The van der Waals surface area contributed by atoms with Crippen molar-refractivity contribution in [3.05, 3.63) is 23.3 Å². The molecule has 0 spiro atoms. The lowest BCUT2D eigenvalue weighted by atomic mass is 10.1. The highest BCUT2D eigenvalue weighted by Gasteiger charge is 2.07. The first kappa shape index (κ1) is 12.9. The fourth-order valence-electron chi connectivity index (χ4n) is 1.66. The molecule has 1 aromatic heterocycles. The zero-order valence-electron chi connectivity index (χ0n) is 10.3. The summed E-state index contributed by atoms with van der Waals surface area (Å²) in [6.07, 6.45) is 4.08. The molecule has 2 nitrogen and oxygen atoms in total. The Hall–Kier alpha value is -0.520. The van der Waals surface area contributed by atoms with E-state index in [1.165, 1.54) is 15.8 Å². The van der Waals surface area contributed by atoms with Crippen LogP contribution in [0.25, 0.3) is 10.2 Å². The Kier molecular flexibility index (Phi) is 4.12. The normalized spacial score (nSPS) is 10.8. The lowest BCUT2D eigenvalue weighted by Crippen LogP contribution is -1.80. The second-order valence-electron chi connectivity index (χ2n) is 3.71. The van der Waals surface area contributed by atoms with E-state index >= 15 is 0 Å². The molecular formula is C12H14N2S3. The quantitative estimate of drug-likeness (QED) is 0.563. The monoisotopic (exact) mass is 282 g/mol. The van der Waals surface area contributed by atoms with Crippen LogP contribution in [-0.4, -0.2) is 21.9 Å². The van der Waals surface area contributed by atoms with Crippen molar-refractivity contribution in [2.45, 2.75) is 13.8 Å². The van der Waals surface area contributed by atoms with Crippen LogP contribution in [0.4, 0.5) is 5.13 Å². The molecule has 2 rings (SSSR count). The van der Waals surface area contributed by atoms with Gasteiger partial charge in [0.2, 0.25) is 5.13 Å². The van der Waals surface area contributed by atoms with E-state index in [9.17, 15) is 0 Å². The number of benzene rings is 1. The lowest BCUT2D eigenvalue weighted by molar-refractivity contribution is 1.36. The SMILES string of the molecule is CSC(=Nc1nc2c(C)cc(C)cc2s1)SC. The van der Waals surface area contributed by atoms with Gasteiger partial charge in [0.05, 0.1) is 10.2 Å². The molecule has 0 N–H and O–H groups in total. The molecule has 5 heteroatoms. The summed E-state index contributed by atoms with van der Waals surface area (Å²) in [4.78, 5) is 9.15. The Labute approximate surface area is 114 Å². The maximum atomic E-state index is 4.59. The van der Waals surface area contributed by atoms with E-state index in [1.54, 1.807) is 34.9 Å². The van der Waals surface area contributed by atoms with E-state index in [0.717, 1.165) is 15.0 Å². The van der Waals surface area contributed by atoms with Gasteiger partial charge in [-0.2, -0.15) is 0 Å². The van der Waals surface area contributed by atoms with Crippen molar-refractivity contribution >= 4 is 54.6 Å². The van der Waals surface area contributed by atoms with Crippen molar-refractivity contribution in [3.63, 3.8) is 0 Å². The predicted molar refractivity (Wildman–Crippen MR) is 83.2 cm³/mol. The number of hydrogen-bond donors (Lipinski definition) is 0. The Morgan fingerprint density at radius 3 is 2.59 bits per heavy atom. The average molecular weight is 282 g/mol. The van der Waals surface area contributed by atoms with Gasteiger partial charge in [-0.3, -0.25) is 0 Å². The number of fused-ring (bicyclic) bond motifs is 1. The van der Waals surface area contributed by atoms with Crippen molar-refractivity contribution in [2.75, 3.05) is 12.5 Å². The van der Waals surface area contributed by atoms with Gasteiger partial charge in [-0.25, -0.2) is 9.98 Å². The minimum atomic E-state index is 0.854. The second kappa shape index (κ2) is 5.42. The van der Waals surface area contributed by atoms with Gasteiger partial charge in [-0.15, -0.1) is 23.5 Å². The molecule has 1 aromatic carbocycles. The van der Waals surface area contributed by atoms with E-state index in [4.69, 9.17) is 0 Å². The van der Waals surface area contributed by atoms with Crippen molar-refractivity contribution in [3.8, 4) is 0 Å². The van der Waals surface area contributed by atoms with Crippen LogP contribution in [0.15, 0.2) is 17.1 Å². The summed E-state index contributed by atoms with van der Waals surface area (Å²) in [5.41, 5.74) is 3.59. The zero-order valence-corrected chi connectivity index (χ0v) is 12.7. The van der Waals surface area contributed by atoms with Crippen LogP contribution in [0.1, 0.15) is 11.1 Å². The zero-order chi connectivity index (χ0) is 12.4. The van der Waals surface area contributed by atoms with E-state index in [2.05, 4.69) is 36.0 Å². The molecule has 17 heavy (non-hydrogen) atoms. The Morgan fingerprint density at radius 1 is 1.24 bits per heavy atom. The summed E-state index contributed by atoms with van der Waals surface area (Å²) in [5, 5.41) is 0.854. The fraction of sp³-hybridized carbons (Fsp3) is 0.333. The molecule has 2 aromatic rings. The average Bonchev–Trinajstić information content (AvgIpc) is 2.68. The van der Waals surface area contributed by atoms with Crippen molar-refractivity contribution in [2.24, 2.45) is 4.99 Å². The first-order valence-electron chi connectivity index (χ1n) is 5.18. The maximum absolute atomic E-state index is 4.59. The maximum Gasteiger partial charge on any atom is 0.211 e. The van der Waals surface area contributed by atoms with Gasteiger partial charge in [-0.05, 0) is 43.6 Å². The minimum absolute atomic E-state index is 0.854. The number of thiazole rings is 1. The van der Waals surface area contributed by atoms with Gasteiger partial charge in [0, 0.05) is 0 Å². The smallest absolute Gasteiger partial charge is 0.211 e. The van der Waals surface area contributed by atoms with E-state index < -0.39 is 0 Å². The molecular weight excluding hydrogens is 268 g/mol. The number of aryl methyl sites for hydroxylation is 2. The summed E-state index contributed by atoms with van der Waals surface area (Å²) in [6, 6.07) is 4.34. The highest BCUT2D eigenvalue weighted by Crippen LogP contribution is 2.32. The summed E-state index contributed by atoms with van der Waals surface area (Å²) in [6.45, 7) is 4.22. The molecule has 1 heterocycles. The molecule has 90 valence electrons. The first-order valence-corrected chi connectivity index (χ1v) is 8.45. The van der Waals surface area contributed by atoms with Crippen LogP contribution in [0.3, 0.4) is 0 Å². The largest absolute Gasteiger partial charge is 0.218 e. The molecule has 0 atom stereocenters. The Bertz CT molecular complexity index is 566. The van der Waals surface area contributed by atoms with Crippen LogP contribution in [0, 0.1) is 13.8 Å². The summed E-state index contributed by atoms with van der Waals surface area (Å²) >= 11 is 4.98. The fourth-order valence-corrected chi connectivity index (χ4v) is 3.82. The number of aliphatic imine (C=N–C) groups is 1. The van der Waals surface area contributed by atoms with Crippen LogP contribution < -0.4 is 0 Å². The molecule has 0 bridgehead atoms. The first-order chi connectivity index (χ1) is 8.13. The molecule has 0 unspecified atom stereocenters. The van der Waals surface area contributed by atoms with Crippen LogP contribution in [0.5, 0.6) is 0 Å². The third kappa shape index (κ3) is 2.84. The van der Waals surface area contributed by atoms with Gasteiger partial charge < -0.3 is 0 Å². The third-order valence-corrected chi connectivity index (χ3v) is 5.13. The topological polar surface area (TPSA) is 25.2 Å². The van der Waals surface area contributed by atoms with E-state index in [-0.39, 0.29) is 0 Å². The van der Waals surface area contributed by atoms with E-state index in [0.29, 0.717) is 0 Å². The molecule has 0 radical (unpaired) electrons. The van der Waals surface area contributed by atoms with Gasteiger partial charge >= 0.3 is 0 Å². The number of hydrogen-bond acceptors (Lipinski definition) is 5. The number of nitrogens with zero attached hydrogens (tertiary/aromatic N) is 2. The molecule has 0 aliphatic carbocycles. The number of rotatable bonds is 1.